The van der Waals surface area contributed by atoms with Gasteiger partial charge in [0.25, 0.3) is 0 Å². The number of hydrogen-bond acceptors (Lipinski definition) is 4. The molecule has 0 unspecified atom stereocenters. The van der Waals surface area contributed by atoms with Crippen LogP contribution in [-0.2, 0) is 4.84 Å². The van der Waals surface area contributed by atoms with Gasteiger partial charge in [-0.15, -0.1) is 11.3 Å². The van der Waals surface area contributed by atoms with Crippen molar-refractivity contribution in [3.63, 3.8) is 0 Å². The quantitative estimate of drug-likeness (QED) is 0.477. The summed E-state index contributed by atoms with van der Waals surface area (Å²) in [6, 6.07) is 8.08. The zero-order valence-corrected chi connectivity index (χ0v) is 20.2. The summed E-state index contributed by atoms with van der Waals surface area (Å²) in [6.45, 7) is 5.58. The highest BCUT2D eigenvalue weighted by Gasteiger charge is 2.30. The summed E-state index contributed by atoms with van der Waals surface area (Å²) in [4.78, 5) is 8.73. The predicted octanol–water partition coefficient (Wildman–Crippen LogP) is 7.32. The molecular weight excluding hydrogens is 412 g/mol. The molecule has 0 amide bonds. The summed E-state index contributed by atoms with van der Waals surface area (Å²) >= 11 is 1.93. The molecule has 170 valence electrons. The van der Waals surface area contributed by atoms with Gasteiger partial charge in [0.15, 0.2) is 0 Å². The Kier molecular flexibility index (Phi) is 5.87. The molecule has 0 spiro atoms. The van der Waals surface area contributed by atoms with Crippen LogP contribution in [0.4, 0.5) is 0 Å². The van der Waals surface area contributed by atoms with Crippen LogP contribution in [0.1, 0.15) is 81.8 Å². The van der Waals surface area contributed by atoms with E-state index in [0.717, 1.165) is 12.0 Å². The summed E-state index contributed by atoms with van der Waals surface area (Å²) in [5, 5.41) is 6.03. The third kappa shape index (κ3) is 3.85. The summed E-state index contributed by atoms with van der Waals surface area (Å²) in [5.74, 6) is 1.34. The van der Waals surface area contributed by atoms with E-state index < -0.39 is 0 Å². The lowest BCUT2D eigenvalue weighted by molar-refractivity contribution is -0.0668. The molecule has 32 heavy (non-hydrogen) atoms. The van der Waals surface area contributed by atoms with Gasteiger partial charge in [-0.2, -0.15) is 0 Å². The highest BCUT2D eigenvalue weighted by Crippen LogP contribution is 2.42. The van der Waals surface area contributed by atoms with Gasteiger partial charge >= 0.3 is 0 Å². The molecule has 3 heterocycles. The number of likely N-dealkylation sites (tertiary alicyclic amines) is 1. The van der Waals surface area contributed by atoms with Crippen molar-refractivity contribution >= 4 is 27.0 Å². The van der Waals surface area contributed by atoms with Crippen molar-refractivity contribution in [3.05, 3.63) is 52.7 Å². The molecule has 2 aliphatic carbocycles. The lowest BCUT2D eigenvalue weighted by Gasteiger charge is -2.41. The summed E-state index contributed by atoms with van der Waals surface area (Å²) in [6.07, 6.45) is 16.4. The number of thiophene rings is 1. The van der Waals surface area contributed by atoms with Crippen LogP contribution in [0.5, 0.6) is 0 Å². The van der Waals surface area contributed by atoms with Crippen molar-refractivity contribution in [1.29, 1.82) is 0 Å². The molecule has 0 bridgehead atoms. The fourth-order valence-corrected chi connectivity index (χ4v) is 7.40. The molecule has 0 N–H and O–H groups in total. The van der Waals surface area contributed by atoms with E-state index >= 15 is 0 Å². The molecule has 2 aromatic rings. The van der Waals surface area contributed by atoms with Crippen molar-refractivity contribution < 1.29 is 4.84 Å². The van der Waals surface area contributed by atoms with Crippen LogP contribution in [0.3, 0.4) is 0 Å². The van der Waals surface area contributed by atoms with Crippen molar-refractivity contribution in [2.45, 2.75) is 76.7 Å². The third-order valence-corrected chi connectivity index (χ3v) is 9.49. The summed E-state index contributed by atoms with van der Waals surface area (Å²) in [7, 11) is 0. The number of benzene rings is 1. The van der Waals surface area contributed by atoms with Gasteiger partial charge in [-0.1, -0.05) is 25.3 Å². The molecule has 3 fully saturated rings. The molecule has 0 radical (unpaired) electrons. The molecular formula is C28H36N2OS. The maximum absolute atomic E-state index is 5.97. The maximum Gasteiger partial charge on any atom is 0.0952 e. The van der Waals surface area contributed by atoms with E-state index in [-0.39, 0.29) is 0 Å². The number of hydrogen-bond donors (Lipinski definition) is 0. The van der Waals surface area contributed by atoms with Gasteiger partial charge < -0.3 is 4.90 Å². The zero-order chi connectivity index (χ0) is 21.5. The second-order valence-corrected chi connectivity index (χ2v) is 11.2. The number of piperidine rings is 1. The minimum atomic E-state index is 0.617. The van der Waals surface area contributed by atoms with E-state index in [9.17, 15) is 0 Å². The van der Waals surface area contributed by atoms with Crippen LogP contribution < -0.4 is 0 Å². The first kappa shape index (κ1) is 20.9. The number of allylic oxidation sites excluding steroid dienone is 2. The van der Waals surface area contributed by atoms with E-state index in [1.54, 1.807) is 5.56 Å². The van der Waals surface area contributed by atoms with Crippen LogP contribution in [-0.4, -0.2) is 35.7 Å². The fraction of sp³-hybridized carbons (Fsp3) is 0.571. The molecule has 4 heteroatoms. The average Bonchev–Trinajstić information content (AvgIpc) is 3.55. The smallest absolute Gasteiger partial charge is 0.0952 e. The number of hydroxylamine groups is 2. The highest BCUT2D eigenvalue weighted by molar-refractivity contribution is 7.17. The second kappa shape index (κ2) is 8.96. The normalized spacial score (nSPS) is 24.5. The minimum absolute atomic E-state index is 0.617. The molecule has 2 aliphatic heterocycles. The number of nitrogens with zero attached hydrogens (tertiary/aromatic N) is 2. The Labute approximate surface area is 196 Å². The maximum atomic E-state index is 5.97. The van der Waals surface area contributed by atoms with Gasteiger partial charge in [0.05, 0.1) is 12.3 Å². The first-order valence-electron chi connectivity index (χ1n) is 12.8. The Balaban J connectivity index is 1.30. The van der Waals surface area contributed by atoms with Crippen LogP contribution in [0, 0.1) is 5.92 Å². The molecule has 1 aromatic carbocycles. The molecule has 1 saturated heterocycles. The van der Waals surface area contributed by atoms with Gasteiger partial charge in [-0.25, -0.2) is 5.06 Å². The molecule has 4 aliphatic rings. The standard InChI is InChI=1S/C28H36N2OS/c1-20(28(22-6-2-3-7-22)30-14-5-17-31-30)23-10-11-27-25(18-23)26(19-32-27)21-12-15-29(16-13-21)24-8-4-9-24/h5,10-11,14,18-19,21-22,24H,2-4,6-9,12-13,15-17H2,1H3. The van der Waals surface area contributed by atoms with E-state index in [1.807, 2.05) is 11.3 Å². The van der Waals surface area contributed by atoms with Crippen LogP contribution in [0.25, 0.3) is 15.7 Å². The lowest BCUT2D eigenvalue weighted by atomic mass is 9.85. The molecule has 2 saturated carbocycles. The van der Waals surface area contributed by atoms with Crippen LogP contribution in [0.2, 0.25) is 0 Å². The Morgan fingerprint density at radius 2 is 1.81 bits per heavy atom. The van der Waals surface area contributed by atoms with E-state index in [1.165, 1.54) is 97.8 Å². The van der Waals surface area contributed by atoms with Gasteiger partial charge in [0.1, 0.15) is 0 Å². The molecule has 6 rings (SSSR count). The monoisotopic (exact) mass is 448 g/mol. The lowest BCUT2D eigenvalue weighted by Crippen LogP contribution is -2.44. The van der Waals surface area contributed by atoms with Gasteiger partial charge in [-0.05, 0) is 110 Å². The SMILES string of the molecule is CC(=C(C1CCCC1)N1C=CCO1)c1ccc2scc(C3CCN(C4CCC4)CC3)c2c1. The minimum Gasteiger partial charge on any atom is -0.300 e. The van der Waals surface area contributed by atoms with Crippen molar-refractivity contribution in [2.24, 2.45) is 5.92 Å². The fourth-order valence-electron chi connectivity index (χ4n) is 6.38. The Morgan fingerprint density at radius 1 is 1.00 bits per heavy atom. The highest BCUT2D eigenvalue weighted by atomic mass is 32.1. The summed E-state index contributed by atoms with van der Waals surface area (Å²) in [5.41, 5.74) is 5.76. The summed E-state index contributed by atoms with van der Waals surface area (Å²) < 4.78 is 1.44. The Bertz CT molecular complexity index is 1020. The average molecular weight is 449 g/mol. The van der Waals surface area contributed by atoms with Crippen molar-refractivity contribution in [1.82, 2.24) is 9.96 Å². The van der Waals surface area contributed by atoms with Crippen LogP contribution in [0.15, 0.2) is 41.6 Å². The number of fused-ring (bicyclic) bond motifs is 1. The Morgan fingerprint density at radius 3 is 2.50 bits per heavy atom. The van der Waals surface area contributed by atoms with Crippen LogP contribution >= 0.6 is 11.3 Å². The number of rotatable bonds is 5. The van der Waals surface area contributed by atoms with Gasteiger partial charge in [-0.3, -0.25) is 4.84 Å². The van der Waals surface area contributed by atoms with E-state index in [4.69, 9.17) is 4.84 Å². The molecule has 3 nitrogen and oxygen atoms in total. The van der Waals surface area contributed by atoms with Gasteiger partial charge in [0.2, 0.25) is 0 Å². The molecule has 0 atom stereocenters. The van der Waals surface area contributed by atoms with Gasteiger partial charge in [0, 0.05) is 22.9 Å². The third-order valence-electron chi connectivity index (χ3n) is 8.51. The first-order valence-corrected chi connectivity index (χ1v) is 13.7. The first-order chi connectivity index (χ1) is 15.8. The van der Waals surface area contributed by atoms with Crippen molar-refractivity contribution in [2.75, 3.05) is 19.7 Å². The van der Waals surface area contributed by atoms with E-state index in [2.05, 4.69) is 52.7 Å². The largest absolute Gasteiger partial charge is 0.300 e. The second-order valence-electron chi connectivity index (χ2n) is 10.3. The predicted molar refractivity (Wildman–Crippen MR) is 134 cm³/mol. The van der Waals surface area contributed by atoms with E-state index in [0.29, 0.717) is 12.5 Å². The Hall–Kier alpha value is -1.62. The van der Waals surface area contributed by atoms with Crippen molar-refractivity contribution in [3.8, 4) is 0 Å². The zero-order valence-electron chi connectivity index (χ0n) is 19.4. The molecule has 1 aromatic heterocycles. The topological polar surface area (TPSA) is 15.7 Å².